The van der Waals surface area contributed by atoms with Crippen LogP contribution in [0.1, 0.15) is 34.1 Å². The van der Waals surface area contributed by atoms with Crippen LogP contribution in [0.3, 0.4) is 0 Å². The Bertz CT molecular complexity index is 861. The highest BCUT2D eigenvalue weighted by molar-refractivity contribution is 7.12. The van der Waals surface area contributed by atoms with Gasteiger partial charge in [0.05, 0.1) is 24.1 Å². The molecule has 166 valence electrons. The van der Waals surface area contributed by atoms with E-state index in [1.807, 2.05) is 46.7 Å². The number of hydrogen-bond acceptors (Lipinski definition) is 5. The number of nitrogens with zero attached hydrogens (tertiary/aromatic N) is 2. The molecule has 1 aromatic carbocycles. The Morgan fingerprint density at radius 1 is 1.10 bits per heavy atom. The van der Waals surface area contributed by atoms with Crippen LogP contribution in [0.4, 0.5) is 0 Å². The SMILES string of the molecule is O=C(NCC(c1ccc(Cl)cc1)N1CCOCC1)C1CCN(C(=O)c2cccs2)CC1. The van der Waals surface area contributed by atoms with Crippen LogP contribution in [0, 0.1) is 5.92 Å². The van der Waals surface area contributed by atoms with Gasteiger partial charge in [-0.15, -0.1) is 11.3 Å². The summed E-state index contributed by atoms with van der Waals surface area (Å²) in [4.78, 5) is 30.4. The van der Waals surface area contributed by atoms with Crippen molar-refractivity contribution in [2.75, 3.05) is 45.9 Å². The van der Waals surface area contributed by atoms with Gasteiger partial charge in [-0.05, 0) is 42.0 Å². The number of amides is 2. The van der Waals surface area contributed by atoms with E-state index in [0.717, 1.165) is 23.5 Å². The summed E-state index contributed by atoms with van der Waals surface area (Å²) < 4.78 is 5.50. The molecule has 2 aliphatic heterocycles. The van der Waals surface area contributed by atoms with Gasteiger partial charge < -0.3 is 15.0 Å². The van der Waals surface area contributed by atoms with Crippen molar-refractivity contribution >= 4 is 34.8 Å². The lowest BCUT2D eigenvalue weighted by Crippen LogP contribution is -2.46. The Hall–Kier alpha value is -1.93. The third-order valence-electron chi connectivity index (χ3n) is 6.10. The highest BCUT2D eigenvalue weighted by atomic mass is 35.5. The number of piperidine rings is 1. The molecule has 1 atom stereocenters. The van der Waals surface area contributed by atoms with Gasteiger partial charge in [-0.1, -0.05) is 29.8 Å². The van der Waals surface area contributed by atoms with Crippen molar-refractivity contribution in [2.24, 2.45) is 5.92 Å². The van der Waals surface area contributed by atoms with E-state index in [-0.39, 0.29) is 23.8 Å². The molecule has 6 nitrogen and oxygen atoms in total. The van der Waals surface area contributed by atoms with Gasteiger partial charge in [0.1, 0.15) is 0 Å². The van der Waals surface area contributed by atoms with Crippen LogP contribution >= 0.6 is 22.9 Å². The first-order chi connectivity index (χ1) is 15.1. The molecule has 0 saturated carbocycles. The third-order valence-corrected chi connectivity index (χ3v) is 7.21. The molecule has 2 aromatic rings. The average Bonchev–Trinajstić information content (AvgIpc) is 3.35. The molecule has 2 aliphatic rings. The van der Waals surface area contributed by atoms with Crippen LogP contribution in [0.5, 0.6) is 0 Å². The first kappa shape index (κ1) is 22.3. The van der Waals surface area contributed by atoms with Crippen LogP contribution in [-0.4, -0.2) is 67.6 Å². The Kier molecular flexibility index (Phi) is 7.61. The highest BCUT2D eigenvalue weighted by Crippen LogP contribution is 2.24. The largest absolute Gasteiger partial charge is 0.379 e. The molecule has 0 radical (unpaired) electrons. The lowest BCUT2D eigenvalue weighted by molar-refractivity contribution is -0.126. The number of thiophene rings is 1. The second-order valence-electron chi connectivity index (χ2n) is 8.00. The van der Waals surface area contributed by atoms with Crippen molar-refractivity contribution in [3.8, 4) is 0 Å². The molecule has 8 heteroatoms. The fraction of sp³-hybridized carbons (Fsp3) is 0.478. The van der Waals surface area contributed by atoms with Crippen LogP contribution in [0.15, 0.2) is 41.8 Å². The summed E-state index contributed by atoms with van der Waals surface area (Å²) in [6.07, 6.45) is 1.40. The zero-order chi connectivity index (χ0) is 21.6. The molecule has 1 N–H and O–H groups in total. The van der Waals surface area contributed by atoms with E-state index in [9.17, 15) is 9.59 Å². The Morgan fingerprint density at radius 3 is 2.45 bits per heavy atom. The van der Waals surface area contributed by atoms with Gasteiger partial charge in [-0.2, -0.15) is 0 Å². The number of ether oxygens (including phenoxy) is 1. The Morgan fingerprint density at radius 2 is 1.81 bits per heavy atom. The Balaban J connectivity index is 1.32. The van der Waals surface area contributed by atoms with E-state index in [4.69, 9.17) is 16.3 Å². The molecule has 31 heavy (non-hydrogen) atoms. The van der Waals surface area contributed by atoms with Gasteiger partial charge in [-0.3, -0.25) is 14.5 Å². The number of carbonyl (C=O) groups excluding carboxylic acids is 2. The van der Waals surface area contributed by atoms with Crippen molar-refractivity contribution < 1.29 is 14.3 Å². The number of likely N-dealkylation sites (tertiary alicyclic amines) is 1. The summed E-state index contributed by atoms with van der Waals surface area (Å²) in [6, 6.07) is 11.7. The number of carbonyl (C=O) groups is 2. The maximum atomic E-state index is 12.9. The van der Waals surface area contributed by atoms with E-state index in [0.29, 0.717) is 50.7 Å². The Labute approximate surface area is 192 Å². The van der Waals surface area contributed by atoms with Crippen molar-refractivity contribution in [2.45, 2.75) is 18.9 Å². The smallest absolute Gasteiger partial charge is 0.263 e. The molecular formula is C23H28ClN3O3S. The fourth-order valence-electron chi connectivity index (χ4n) is 4.27. The molecule has 1 aromatic heterocycles. The van der Waals surface area contributed by atoms with Crippen molar-refractivity contribution in [3.63, 3.8) is 0 Å². The molecule has 2 saturated heterocycles. The molecule has 3 heterocycles. The molecule has 4 rings (SSSR count). The maximum absolute atomic E-state index is 12.9. The maximum Gasteiger partial charge on any atom is 0.263 e. The molecule has 0 aliphatic carbocycles. The van der Waals surface area contributed by atoms with Gasteiger partial charge in [0.25, 0.3) is 5.91 Å². The molecule has 1 unspecified atom stereocenters. The second-order valence-corrected chi connectivity index (χ2v) is 9.39. The summed E-state index contributed by atoms with van der Waals surface area (Å²) in [7, 11) is 0. The number of morpholine rings is 1. The minimum Gasteiger partial charge on any atom is -0.379 e. The van der Waals surface area contributed by atoms with Gasteiger partial charge >= 0.3 is 0 Å². The van der Waals surface area contributed by atoms with E-state index >= 15 is 0 Å². The van der Waals surface area contributed by atoms with Crippen LogP contribution in [0.2, 0.25) is 5.02 Å². The monoisotopic (exact) mass is 461 g/mol. The minimum atomic E-state index is -0.0528. The predicted octanol–water partition coefficient (Wildman–Crippen LogP) is 3.44. The van der Waals surface area contributed by atoms with Crippen molar-refractivity contribution in [1.29, 1.82) is 0 Å². The van der Waals surface area contributed by atoms with Crippen LogP contribution in [-0.2, 0) is 9.53 Å². The first-order valence-corrected chi connectivity index (χ1v) is 12.1. The van der Waals surface area contributed by atoms with Crippen LogP contribution in [0.25, 0.3) is 0 Å². The van der Waals surface area contributed by atoms with E-state index < -0.39 is 0 Å². The quantitative estimate of drug-likeness (QED) is 0.715. The minimum absolute atomic E-state index is 0.0528. The second kappa shape index (κ2) is 10.6. The summed E-state index contributed by atoms with van der Waals surface area (Å²) in [6.45, 7) is 4.88. The van der Waals surface area contributed by atoms with Gasteiger partial charge in [-0.25, -0.2) is 0 Å². The number of hydrogen-bond donors (Lipinski definition) is 1. The van der Waals surface area contributed by atoms with Crippen molar-refractivity contribution in [3.05, 3.63) is 57.2 Å². The van der Waals surface area contributed by atoms with Crippen molar-refractivity contribution in [1.82, 2.24) is 15.1 Å². The third kappa shape index (κ3) is 5.66. The molecule has 0 bridgehead atoms. The molecular weight excluding hydrogens is 434 g/mol. The van der Waals surface area contributed by atoms with Crippen LogP contribution < -0.4 is 5.32 Å². The van der Waals surface area contributed by atoms with E-state index in [1.54, 1.807) is 0 Å². The standard InChI is InChI=1S/C23H28ClN3O3S/c24-19-5-3-17(4-6-19)20(26-11-13-30-14-12-26)16-25-22(28)18-7-9-27(10-8-18)23(29)21-2-1-15-31-21/h1-6,15,18,20H,7-14,16H2,(H,25,28). The number of halogens is 1. The van der Waals surface area contributed by atoms with Gasteiger partial charge in [0, 0.05) is 43.7 Å². The van der Waals surface area contributed by atoms with Gasteiger partial charge in [0.15, 0.2) is 0 Å². The summed E-state index contributed by atoms with van der Waals surface area (Å²) >= 11 is 7.53. The van der Waals surface area contributed by atoms with E-state index in [2.05, 4.69) is 10.2 Å². The molecule has 2 amide bonds. The zero-order valence-corrected chi connectivity index (χ0v) is 19.0. The predicted molar refractivity (Wildman–Crippen MR) is 123 cm³/mol. The van der Waals surface area contributed by atoms with Gasteiger partial charge in [0.2, 0.25) is 5.91 Å². The van der Waals surface area contributed by atoms with E-state index in [1.165, 1.54) is 11.3 Å². The number of benzene rings is 1. The fourth-order valence-corrected chi connectivity index (χ4v) is 5.09. The zero-order valence-electron chi connectivity index (χ0n) is 17.5. The molecule has 2 fully saturated rings. The molecule has 0 spiro atoms. The number of nitrogens with one attached hydrogen (secondary N) is 1. The summed E-state index contributed by atoms with van der Waals surface area (Å²) in [5.41, 5.74) is 1.14. The average molecular weight is 462 g/mol. The summed E-state index contributed by atoms with van der Waals surface area (Å²) in [5.74, 6) is 0.0994. The highest BCUT2D eigenvalue weighted by Gasteiger charge is 2.29. The topological polar surface area (TPSA) is 61.9 Å². The lowest BCUT2D eigenvalue weighted by atomic mass is 9.95. The summed E-state index contributed by atoms with van der Waals surface area (Å²) in [5, 5.41) is 5.80. The first-order valence-electron chi connectivity index (χ1n) is 10.8. The lowest BCUT2D eigenvalue weighted by Gasteiger charge is -2.36. The normalized spacial score (nSPS) is 19.2. The number of rotatable bonds is 6.